The third-order valence-corrected chi connectivity index (χ3v) is 5.58. The monoisotopic (exact) mass is 463 g/mol. The lowest BCUT2D eigenvalue weighted by molar-refractivity contribution is -0.116. The third kappa shape index (κ3) is 5.98. The van der Waals surface area contributed by atoms with Gasteiger partial charge in [0.05, 0.1) is 22.9 Å². The highest BCUT2D eigenvalue weighted by Crippen LogP contribution is 2.22. The number of para-hydroxylation sites is 1. The van der Waals surface area contributed by atoms with Crippen molar-refractivity contribution < 1.29 is 9.59 Å². The Kier molecular flexibility index (Phi) is 7.73. The van der Waals surface area contributed by atoms with Crippen LogP contribution in [0.2, 0.25) is 10.0 Å². The van der Waals surface area contributed by atoms with Crippen molar-refractivity contribution in [2.45, 2.75) is 25.0 Å². The van der Waals surface area contributed by atoms with Crippen LogP contribution in [0, 0.1) is 0 Å². The summed E-state index contributed by atoms with van der Waals surface area (Å²) in [7, 11) is 0. The lowest BCUT2D eigenvalue weighted by atomic mass is 10.3. The van der Waals surface area contributed by atoms with Crippen LogP contribution in [0.4, 0.5) is 11.4 Å². The van der Waals surface area contributed by atoms with Crippen LogP contribution in [0.1, 0.15) is 12.7 Å². The zero-order valence-electron chi connectivity index (χ0n) is 16.1. The molecule has 2 amide bonds. The molecule has 2 N–H and O–H groups in total. The van der Waals surface area contributed by atoms with E-state index in [1.807, 2.05) is 11.5 Å². The second-order valence-electron chi connectivity index (χ2n) is 6.19. The van der Waals surface area contributed by atoms with Crippen LogP contribution in [-0.2, 0) is 22.6 Å². The fourth-order valence-corrected chi connectivity index (χ4v) is 3.77. The number of rotatable bonds is 8. The van der Waals surface area contributed by atoms with Crippen LogP contribution in [0.15, 0.2) is 53.7 Å². The normalized spacial score (nSPS) is 10.6. The molecule has 0 radical (unpaired) electrons. The summed E-state index contributed by atoms with van der Waals surface area (Å²) in [6.45, 7) is 2.50. The van der Waals surface area contributed by atoms with E-state index in [0.29, 0.717) is 38.9 Å². The van der Waals surface area contributed by atoms with Gasteiger partial charge in [0.15, 0.2) is 5.16 Å². The number of aromatic nitrogens is 3. The van der Waals surface area contributed by atoms with Gasteiger partial charge in [-0.25, -0.2) is 0 Å². The van der Waals surface area contributed by atoms with Crippen molar-refractivity contribution >= 4 is 58.2 Å². The Bertz CT molecular complexity index is 1040. The summed E-state index contributed by atoms with van der Waals surface area (Å²) in [6.07, 6.45) is 0.0653. The molecule has 0 aliphatic heterocycles. The number of nitrogens with one attached hydrogen (secondary N) is 2. The minimum atomic E-state index is -0.215. The average Bonchev–Trinajstić information content (AvgIpc) is 3.11. The Balaban J connectivity index is 1.58. The maximum absolute atomic E-state index is 12.3. The van der Waals surface area contributed by atoms with E-state index in [-0.39, 0.29) is 24.0 Å². The number of thioether (sulfide) groups is 1. The quantitative estimate of drug-likeness (QED) is 0.479. The molecular formula is C20H19Cl2N5O2S. The van der Waals surface area contributed by atoms with E-state index in [2.05, 4.69) is 20.8 Å². The number of carbonyl (C=O) groups excluding carboxylic acids is 2. The fraction of sp³-hybridized carbons (Fsp3) is 0.200. The van der Waals surface area contributed by atoms with Gasteiger partial charge in [-0.2, -0.15) is 0 Å². The van der Waals surface area contributed by atoms with Crippen molar-refractivity contribution in [3.8, 4) is 0 Å². The van der Waals surface area contributed by atoms with Gasteiger partial charge in [0.2, 0.25) is 11.8 Å². The molecule has 1 aromatic heterocycles. The lowest BCUT2D eigenvalue weighted by Gasteiger charge is -2.09. The second-order valence-corrected chi connectivity index (χ2v) is 7.98. The van der Waals surface area contributed by atoms with Crippen LogP contribution in [0.3, 0.4) is 0 Å². The van der Waals surface area contributed by atoms with Crippen LogP contribution >= 0.6 is 35.0 Å². The predicted molar refractivity (Wildman–Crippen MR) is 120 cm³/mol. The van der Waals surface area contributed by atoms with Crippen molar-refractivity contribution in [3.05, 3.63) is 64.4 Å². The third-order valence-electron chi connectivity index (χ3n) is 4.04. The van der Waals surface area contributed by atoms with Crippen LogP contribution in [0.25, 0.3) is 0 Å². The number of halogens is 2. The SMILES string of the molecule is CCn1c(CC(=O)Nc2ccc(Cl)cc2)nnc1SCC(=O)Nc1ccccc1Cl. The Morgan fingerprint density at radius 3 is 2.43 bits per heavy atom. The number of hydrogen-bond acceptors (Lipinski definition) is 5. The van der Waals surface area contributed by atoms with Crippen molar-refractivity contribution in [2.75, 3.05) is 16.4 Å². The molecule has 0 spiro atoms. The van der Waals surface area contributed by atoms with Crippen molar-refractivity contribution in [3.63, 3.8) is 0 Å². The first kappa shape index (κ1) is 22.1. The molecule has 0 aliphatic carbocycles. The van der Waals surface area contributed by atoms with Gasteiger partial charge in [-0.05, 0) is 43.3 Å². The van der Waals surface area contributed by atoms with Crippen molar-refractivity contribution in [2.24, 2.45) is 0 Å². The number of anilines is 2. The minimum absolute atomic E-state index is 0.0653. The first-order valence-electron chi connectivity index (χ1n) is 9.11. The molecule has 0 saturated heterocycles. The Hall–Kier alpha value is -2.55. The van der Waals surface area contributed by atoms with E-state index in [9.17, 15) is 9.59 Å². The summed E-state index contributed by atoms with van der Waals surface area (Å²) in [6, 6.07) is 13.9. The minimum Gasteiger partial charge on any atom is -0.326 e. The van der Waals surface area contributed by atoms with Crippen LogP contribution < -0.4 is 10.6 Å². The fourth-order valence-electron chi connectivity index (χ4n) is 2.64. The van der Waals surface area contributed by atoms with E-state index in [1.165, 1.54) is 11.8 Å². The maximum atomic E-state index is 12.3. The van der Waals surface area contributed by atoms with Gasteiger partial charge in [-0.1, -0.05) is 47.1 Å². The van der Waals surface area contributed by atoms with Crippen LogP contribution in [0.5, 0.6) is 0 Å². The number of nitrogens with zero attached hydrogens (tertiary/aromatic N) is 3. The van der Waals surface area contributed by atoms with E-state index < -0.39 is 0 Å². The van der Waals surface area contributed by atoms with Gasteiger partial charge < -0.3 is 15.2 Å². The Morgan fingerprint density at radius 2 is 1.73 bits per heavy atom. The van der Waals surface area contributed by atoms with Gasteiger partial charge in [0.25, 0.3) is 0 Å². The van der Waals surface area contributed by atoms with Crippen LogP contribution in [-0.4, -0.2) is 32.3 Å². The molecule has 0 bridgehead atoms. The molecule has 3 rings (SSSR count). The molecule has 1 heterocycles. The molecule has 156 valence electrons. The average molecular weight is 464 g/mol. The number of benzene rings is 2. The highest BCUT2D eigenvalue weighted by atomic mass is 35.5. The maximum Gasteiger partial charge on any atom is 0.234 e. The molecule has 0 aliphatic rings. The summed E-state index contributed by atoms with van der Waals surface area (Å²) >= 11 is 13.2. The number of carbonyl (C=O) groups is 2. The van der Waals surface area contributed by atoms with Crippen molar-refractivity contribution in [1.29, 1.82) is 0 Å². The number of hydrogen-bond donors (Lipinski definition) is 2. The molecule has 10 heteroatoms. The van der Waals surface area contributed by atoms with Gasteiger partial charge >= 0.3 is 0 Å². The van der Waals surface area contributed by atoms with Gasteiger partial charge in [0.1, 0.15) is 5.82 Å². The zero-order chi connectivity index (χ0) is 21.5. The van der Waals surface area contributed by atoms with E-state index in [4.69, 9.17) is 23.2 Å². The lowest BCUT2D eigenvalue weighted by Crippen LogP contribution is -2.18. The predicted octanol–water partition coefficient (Wildman–Crippen LogP) is 4.52. The summed E-state index contributed by atoms with van der Waals surface area (Å²) in [5, 5.41) is 15.4. The molecule has 7 nitrogen and oxygen atoms in total. The molecule has 0 atom stereocenters. The first-order valence-corrected chi connectivity index (χ1v) is 10.8. The summed E-state index contributed by atoms with van der Waals surface area (Å²) in [4.78, 5) is 24.6. The Labute approximate surface area is 188 Å². The molecule has 2 aromatic carbocycles. The summed E-state index contributed by atoms with van der Waals surface area (Å²) in [5.74, 6) is 0.242. The topological polar surface area (TPSA) is 88.9 Å². The summed E-state index contributed by atoms with van der Waals surface area (Å²) in [5.41, 5.74) is 1.21. The van der Waals surface area contributed by atoms with E-state index in [0.717, 1.165) is 0 Å². The van der Waals surface area contributed by atoms with E-state index in [1.54, 1.807) is 48.5 Å². The number of amides is 2. The molecular weight excluding hydrogens is 445 g/mol. The highest BCUT2D eigenvalue weighted by molar-refractivity contribution is 7.99. The highest BCUT2D eigenvalue weighted by Gasteiger charge is 2.16. The van der Waals surface area contributed by atoms with E-state index >= 15 is 0 Å². The first-order chi connectivity index (χ1) is 14.5. The molecule has 0 unspecified atom stereocenters. The largest absolute Gasteiger partial charge is 0.326 e. The zero-order valence-corrected chi connectivity index (χ0v) is 18.4. The molecule has 3 aromatic rings. The van der Waals surface area contributed by atoms with Gasteiger partial charge in [-0.15, -0.1) is 10.2 Å². The van der Waals surface area contributed by atoms with Gasteiger partial charge in [0, 0.05) is 17.3 Å². The van der Waals surface area contributed by atoms with Gasteiger partial charge in [-0.3, -0.25) is 9.59 Å². The Morgan fingerprint density at radius 1 is 1.00 bits per heavy atom. The molecule has 30 heavy (non-hydrogen) atoms. The molecule has 0 saturated carbocycles. The second kappa shape index (κ2) is 10.5. The smallest absolute Gasteiger partial charge is 0.234 e. The standard InChI is InChI=1S/C20H19Cl2N5O2S/c1-2-27-17(11-18(28)23-14-9-7-13(21)8-10-14)25-26-20(27)30-12-19(29)24-16-6-4-3-5-15(16)22/h3-10H,2,11-12H2,1H3,(H,23,28)(H,24,29). The van der Waals surface area contributed by atoms with Crippen molar-refractivity contribution in [1.82, 2.24) is 14.8 Å². The summed E-state index contributed by atoms with van der Waals surface area (Å²) < 4.78 is 1.81. The molecule has 0 fully saturated rings.